The summed E-state index contributed by atoms with van der Waals surface area (Å²) < 4.78 is 27.0. The molecule has 2 aromatic carbocycles. The minimum atomic E-state index is -3.68. The molecule has 0 aromatic heterocycles. The van der Waals surface area contributed by atoms with E-state index in [1.807, 2.05) is 0 Å². The standard InChI is InChI=1S/C16H15Cl2NO3S/c1-11(20)13-3-2-4-15(9-13)23(21,22)19-8-7-12-5-6-14(17)10-16(12)18/h2-6,9-10,19H,7-8H2,1H3. The van der Waals surface area contributed by atoms with Crippen LogP contribution in [-0.2, 0) is 16.4 Å². The predicted molar refractivity (Wildman–Crippen MR) is 91.8 cm³/mol. The van der Waals surface area contributed by atoms with Gasteiger partial charge in [0.2, 0.25) is 10.0 Å². The quantitative estimate of drug-likeness (QED) is 0.787. The Labute approximate surface area is 145 Å². The maximum absolute atomic E-state index is 12.3. The molecule has 0 unspecified atom stereocenters. The van der Waals surface area contributed by atoms with Crippen LogP contribution in [0.2, 0.25) is 10.0 Å². The third-order valence-electron chi connectivity index (χ3n) is 3.25. The number of rotatable bonds is 6. The van der Waals surface area contributed by atoms with Gasteiger partial charge in [-0.2, -0.15) is 0 Å². The molecule has 23 heavy (non-hydrogen) atoms. The minimum Gasteiger partial charge on any atom is -0.295 e. The number of Topliss-reactive ketones (excluding diaryl/α,β-unsaturated/α-hetero) is 1. The van der Waals surface area contributed by atoms with Crippen LogP contribution in [0.3, 0.4) is 0 Å². The van der Waals surface area contributed by atoms with Gasteiger partial charge in [0.25, 0.3) is 0 Å². The molecular weight excluding hydrogens is 357 g/mol. The summed E-state index contributed by atoms with van der Waals surface area (Å²) in [5, 5.41) is 1.02. The van der Waals surface area contributed by atoms with Crippen molar-refractivity contribution in [3.8, 4) is 0 Å². The van der Waals surface area contributed by atoms with E-state index in [0.717, 1.165) is 5.56 Å². The third kappa shape index (κ3) is 4.78. The first-order valence-corrected chi connectivity index (χ1v) is 9.08. The van der Waals surface area contributed by atoms with E-state index in [1.54, 1.807) is 30.3 Å². The Hall–Kier alpha value is -1.40. The average Bonchev–Trinajstić information content (AvgIpc) is 2.49. The summed E-state index contributed by atoms with van der Waals surface area (Å²) in [5.74, 6) is -0.185. The fourth-order valence-electron chi connectivity index (χ4n) is 2.01. The summed E-state index contributed by atoms with van der Waals surface area (Å²) in [6, 6.07) is 11.0. The van der Waals surface area contributed by atoms with Gasteiger partial charge in [0.1, 0.15) is 0 Å². The molecule has 0 fully saturated rings. The maximum Gasteiger partial charge on any atom is 0.240 e. The van der Waals surface area contributed by atoms with Crippen molar-refractivity contribution in [3.05, 3.63) is 63.6 Å². The van der Waals surface area contributed by atoms with Crippen molar-refractivity contribution in [2.75, 3.05) is 6.54 Å². The van der Waals surface area contributed by atoms with Crippen molar-refractivity contribution < 1.29 is 13.2 Å². The van der Waals surface area contributed by atoms with Gasteiger partial charge in [-0.3, -0.25) is 4.79 Å². The van der Waals surface area contributed by atoms with E-state index in [1.165, 1.54) is 19.1 Å². The molecule has 0 saturated heterocycles. The van der Waals surface area contributed by atoms with Crippen LogP contribution >= 0.6 is 23.2 Å². The van der Waals surface area contributed by atoms with Crippen LogP contribution in [0.5, 0.6) is 0 Å². The molecule has 4 nitrogen and oxygen atoms in total. The van der Waals surface area contributed by atoms with Crippen molar-refractivity contribution >= 4 is 39.0 Å². The second-order valence-electron chi connectivity index (χ2n) is 4.97. The smallest absolute Gasteiger partial charge is 0.240 e. The fourth-order valence-corrected chi connectivity index (χ4v) is 3.59. The van der Waals surface area contributed by atoms with Crippen molar-refractivity contribution in [1.82, 2.24) is 4.72 Å². The Morgan fingerprint density at radius 3 is 2.52 bits per heavy atom. The SMILES string of the molecule is CC(=O)c1cccc(S(=O)(=O)NCCc2ccc(Cl)cc2Cl)c1. The van der Waals surface area contributed by atoms with Gasteiger partial charge in [-0.05, 0) is 43.2 Å². The number of sulfonamides is 1. The highest BCUT2D eigenvalue weighted by atomic mass is 35.5. The van der Waals surface area contributed by atoms with E-state index in [-0.39, 0.29) is 17.2 Å². The minimum absolute atomic E-state index is 0.0624. The van der Waals surface area contributed by atoms with Gasteiger partial charge in [-0.15, -0.1) is 0 Å². The second kappa shape index (κ2) is 7.45. The number of hydrogen-bond acceptors (Lipinski definition) is 3. The van der Waals surface area contributed by atoms with Crippen molar-refractivity contribution in [1.29, 1.82) is 0 Å². The van der Waals surface area contributed by atoms with Gasteiger partial charge < -0.3 is 0 Å². The number of hydrogen-bond donors (Lipinski definition) is 1. The molecule has 1 N–H and O–H groups in total. The number of carbonyl (C=O) groups excluding carboxylic acids is 1. The van der Waals surface area contributed by atoms with Gasteiger partial charge in [-0.25, -0.2) is 13.1 Å². The van der Waals surface area contributed by atoms with Crippen LogP contribution in [0.25, 0.3) is 0 Å². The Balaban J connectivity index is 2.07. The van der Waals surface area contributed by atoms with E-state index in [2.05, 4.69) is 4.72 Å². The van der Waals surface area contributed by atoms with Gasteiger partial charge >= 0.3 is 0 Å². The molecular formula is C16H15Cl2NO3S. The molecule has 2 aromatic rings. The summed E-state index contributed by atoms with van der Waals surface area (Å²) in [7, 11) is -3.68. The van der Waals surface area contributed by atoms with Crippen molar-refractivity contribution in [2.24, 2.45) is 0 Å². The van der Waals surface area contributed by atoms with Gasteiger partial charge in [-0.1, -0.05) is 41.4 Å². The Morgan fingerprint density at radius 1 is 1.13 bits per heavy atom. The predicted octanol–water partition coefficient (Wildman–Crippen LogP) is 3.72. The zero-order chi connectivity index (χ0) is 17.0. The Morgan fingerprint density at radius 2 is 1.87 bits per heavy atom. The number of benzene rings is 2. The topological polar surface area (TPSA) is 63.2 Å². The van der Waals surface area contributed by atoms with E-state index in [9.17, 15) is 13.2 Å². The van der Waals surface area contributed by atoms with Crippen LogP contribution in [0.4, 0.5) is 0 Å². The molecule has 0 aliphatic rings. The first-order valence-electron chi connectivity index (χ1n) is 6.84. The van der Waals surface area contributed by atoms with E-state index < -0.39 is 10.0 Å². The lowest BCUT2D eigenvalue weighted by Gasteiger charge is -2.09. The first kappa shape index (κ1) is 17.9. The third-order valence-corrected chi connectivity index (χ3v) is 5.30. The zero-order valence-corrected chi connectivity index (χ0v) is 14.7. The van der Waals surface area contributed by atoms with Crippen LogP contribution in [0.15, 0.2) is 47.4 Å². The molecule has 0 heterocycles. The first-order chi connectivity index (χ1) is 10.8. The number of carbonyl (C=O) groups is 1. The summed E-state index contributed by atoms with van der Waals surface area (Å²) in [5.41, 5.74) is 1.16. The lowest BCUT2D eigenvalue weighted by molar-refractivity contribution is 0.101. The lowest BCUT2D eigenvalue weighted by atomic mass is 10.1. The molecule has 0 radical (unpaired) electrons. The monoisotopic (exact) mass is 371 g/mol. The van der Waals surface area contributed by atoms with Crippen LogP contribution in [0.1, 0.15) is 22.8 Å². The molecule has 0 aliphatic heterocycles. The fraction of sp³-hybridized carbons (Fsp3) is 0.188. The van der Waals surface area contributed by atoms with Crippen molar-refractivity contribution in [3.63, 3.8) is 0 Å². The normalized spacial score (nSPS) is 11.4. The van der Waals surface area contributed by atoms with Gasteiger partial charge in [0, 0.05) is 22.2 Å². The average molecular weight is 372 g/mol. The molecule has 122 valence electrons. The lowest BCUT2D eigenvalue weighted by Crippen LogP contribution is -2.26. The van der Waals surface area contributed by atoms with Crippen LogP contribution in [-0.4, -0.2) is 20.7 Å². The Bertz CT molecular complexity index is 835. The molecule has 0 aliphatic carbocycles. The summed E-state index contributed by atoms with van der Waals surface area (Å²) in [6.45, 7) is 1.58. The Kier molecular flexibility index (Phi) is 5.81. The largest absolute Gasteiger partial charge is 0.295 e. The number of ketones is 1. The number of halogens is 2. The van der Waals surface area contributed by atoms with E-state index in [0.29, 0.717) is 22.0 Å². The molecule has 0 spiro atoms. The van der Waals surface area contributed by atoms with Gasteiger partial charge in [0.15, 0.2) is 5.78 Å². The molecule has 2 rings (SSSR count). The highest BCUT2D eigenvalue weighted by molar-refractivity contribution is 7.89. The molecule has 0 saturated carbocycles. The molecule has 0 amide bonds. The highest BCUT2D eigenvalue weighted by Gasteiger charge is 2.15. The van der Waals surface area contributed by atoms with Crippen molar-refractivity contribution in [2.45, 2.75) is 18.2 Å². The zero-order valence-electron chi connectivity index (χ0n) is 12.3. The van der Waals surface area contributed by atoms with E-state index >= 15 is 0 Å². The highest BCUT2D eigenvalue weighted by Crippen LogP contribution is 2.21. The molecule has 7 heteroatoms. The summed E-state index contributed by atoms with van der Waals surface area (Å²) in [6.07, 6.45) is 0.432. The summed E-state index contributed by atoms with van der Waals surface area (Å²) >= 11 is 11.9. The van der Waals surface area contributed by atoms with E-state index in [4.69, 9.17) is 23.2 Å². The summed E-state index contributed by atoms with van der Waals surface area (Å²) in [4.78, 5) is 11.4. The van der Waals surface area contributed by atoms with Gasteiger partial charge in [0.05, 0.1) is 4.90 Å². The van der Waals surface area contributed by atoms with Crippen LogP contribution in [0, 0.1) is 0 Å². The van der Waals surface area contributed by atoms with Crippen LogP contribution < -0.4 is 4.72 Å². The molecule has 0 atom stereocenters. The number of nitrogens with one attached hydrogen (secondary N) is 1. The molecule has 0 bridgehead atoms. The maximum atomic E-state index is 12.3. The second-order valence-corrected chi connectivity index (χ2v) is 7.58.